The molecule has 0 heterocycles. The zero-order chi connectivity index (χ0) is 23.2. The van der Waals surface area contributed by atoms with Crippen molar-refractivity contribution in [3.05, 3.63) is 118 Å². The Balaban J connectivity index is 1.48. The van der Waals surface area contributed by atoms with Crippen LogP contribution in [-0.4, -0.2) is 17.8 Å². The molecule has 0 radical (unpaired) electrons. The molecule has 0 amide bonds. The van der Waals surface area contributed by atoms with E-state index in [4.69, 9.17) is 9.47 Å². The number of nitro groups is 1. The minimum atomic E-state index is -0.457. The zero-order valence-corrected chi connectivity index (χ0v) is 17.9. The van der Waals surface area contributed by atoms with Crippen molar-refractivity contribution in [1.82, 2.24) is 0 Å². The molecule has 4 rings (SSSR count). The average Bonchev–Trinajstić information content (AvgIpc) is 2.86. The summed E-state index contributed by atoms with van der Waals surface area (Å²) in [5.74, 6) is 1.07. The van der Waals surface area contributed by atoms with Gasteiger partial charge in [-0.1, -0.05) is 48.5 Å². The number of methoxy groups -OCH3 is 1. The number of carbonyl (C=O) groups excluding carboxylic acids is 1. The van der Waals surface area contributed by atoms with Crippen LogP contribution in [0.15, 0.2) is 91.0 Å². The smallest absolute Gasteiger partial charge is 0.269 e. The van der Waals surface area contributed by atoms with Crippen LogP contribution < -0.4 is 9.47 Å². The number of nitro benzene ring substituents is 1. The molecule has 0 aliphatic rings. The van der Waals surface area contributed by atoms with Crippen LogP contribution in [-0.2, 0) is 6.61 Å². The van der Waals surface area contributed by atoms with Crippen LogP contribution in [0.5, 0.6) is 11.5 Å². The van der Waals surface area contributed by atoms with Crippen molar-refractivity contribution in [2.45, 2.75) is 6.61 Å². The third-order valence-corrected chi connectivity index (χ3v) is 5.21. The zero-order valence-electron chi connectivity index (χ0n) is 17.9. The second kappa shape index (κ2) is 9.78. The van der Waals surface area contributed by atoms with E-state index in [-0.39, 0.29) is 18.1 Å². The van der Waals surface area contributed by atoms with Gasteiger partial charge < -0.3 is 9.47 Å². The van der Waals surface area contributed by atoms with Crippen molar-refractivity contribution in [2.75, 3.05) is 7.11 Å². The largest absolute Gasteiger partial charge is 0.496 e. The number of ether oxygens (including phenoxy) is 2. The topological polar surface area (TPSA) is 78.7 Å². The molecule has 164 valence electrons. The molecule has 4 aromatic rings. The van der Waals surface area contributed by atoms with Crippen molar-refractivity contribution in [3.63, 3.8) is 0 Å². The van der Waals surface area contributed by atoms with Crippen LogP contribution in [0.4, 0.5) is 5.69 Å². The molecule has 0 aliphatic heterocycles. The van der Waals surface area contributed by atoms with Crippen LogP contribution in [0, 0.1) is 10.1 Å². The Labute approximate surface area is 190 Å². The van der Waals surface area contributed by atoms with E-state index in [1.165, 1.54) is 12.1 Å². The number of benzene rings is 4. The first kappa shape index (κ1) is 21.8. The minimum absolute atomic E-state index is 0.00291. The van der Waals surface area contributed by atoms with Gasteiger partial charge in [-0.15, -0.1) is 0 Å². The van der Waals surface area contributed by atoms with Crippen molar-refractivity contribution in [2.24, 2.45) is 0 Å². The highest BCUT2D eigenvalue weighted by Gasteiger charge is 2.08. The second-order valence-corrected chi connectivity index (χ2v) is 7.37. The number of rotatable bonds is 8. The van der Waals surface area contributed by atoms with Gasteiger partial charge in [0, 0.05) is 23.3 Å². The number of non-ortho nitro benzene ring substituents is 1. The normalized spacial score (nSPS) is 10.9. The Kier molecular flexibility index (Phi) is 6.45. The summed E-state index contributed by atoms with van der Waals surface area (Å²) in [6, 6.07) is 25.0. The van der Waals surface area contributed by atoms with E-state index in [1.54, 1.807) is 31.4 Å². The number of hydrogen-bond donors (Lipinski definition) is 0. The van der Waals surface area contributed by atoms with Crippen LogP contribution in [0.2, 0.25) is 0 Å². The summed E-state index contributed by atoms with van der Waals surface area (Å²) in [7, 11) is 1.57. The van der Waals surface area contributed by atoms with Gasteiger partial charge in [-0.3, -0.25) is 14.9 Å². The minimum Gasteiger partial charge on any atom is -0.496 e. The third kappa shape index (κ3) is 5.25. The lowest BCUT2D eigenvalue weighted by Gasteiger charge is -2.11. The Hall–Kier alpha value is -4.45. The lowest BCUT2D eigenvalue weighted by Crippen LogP contribution is -2.00. The van der Waals surface area contributed by atoms with Gasteiger partial charge in [0.2, 0.25) is 0 Å². The molecule has 0 fully saturated rings. The molecule has 33 heavy (non-hydrogen) atoms. The predicted molar refractivity (Wildman–Crippen MR) is 128 cm³/mol. The highest BCUT2D eigenvalue weighted by atomic mass is 16.6. The Morgan fingerprint density at radius 3 is 2.42 bits per heavy atom. The Bertz CT molecular complexity index is 1340. The summed E-state index contributed by atoms with van der Waals surface area (Å²) >= 11 is 0. The number of hydrogen-bond acceptors (Lipinski definition) is 5. The van der Waals surface area contributed by atoms with Gasteiger partial charge in [0.25, 0.3) is 5.69 Å². The van der Waals surface area contributed by atoms with Crippen molar-refractivity contribution in [1.29, 1.82) is 0 Å². The molecular formula is C27H21NO5. The average molecular weight is 439 g/mol. The van der Waals surface area contributed by atoms with Gasteiger partial charge >= 0.3 is 0 Å². The standard InChI is InChI=1S/C27H21NO5/c1-32-27-15-7-19(16-23(27)18-33-25-12-10-24(11-13-25)28(30)31)6-14-26(29)22-9-8-20-4-2-3-5-21(20)17-22/h2-17H,18H2,1H3/b14-6+. The van der Waals surface area contributed by atoms with Crippen LogP contribution in [0.1, 0.15) is 21.5 Å². The lowest BCUT2D eigenvalue weighted by molar-refractivity contribution is -0.384. The monoisotopic (exact) mass is 439 g/mol. The molecule has 0 spiro atoms. The lowest BCUT2D eigenvalue weighted by atomic mass is 10.0. The fraction of sp³-hybridized carbons (Fsp3) is 0.0741. The molecule has 0 aliphatic carbocycles. The maximum absolute atomic E-state index is 12.7. The molecule has 0 saturated carbocycles. The molecule has 0 atom stereocenters. The first-order valence-corrected chi connectivity index (χ1v) is 10.3. The van der Waals surface area contributed by atoms with E-state index in [9.17, 15) is 14.9 Å². The van der Waals surface area contributed by atoms with Crippen LogP contribution in [0.3, 0.4) is 0 Å². The fourth-order valence-corrected chi connectivity index (χ4v) is 3.45. The summed E-state index contributed by atoms with van der Waals surface area (Å²) in [5.41, 5.74) is 2.24. The highest BCUT2D eigenvalue weighted by Crippen LogP contribution is 2.24. The Morgan fingerprint density at radius 1 is 0.939 bits per heavy atom. The van der Waals surface area contributed by atoms with Gasteiger partial charge in [0.05, 0.1) is 12.0 Å². The van der Waals surface area contributed by atoms with Gasteiger partial charge in [0.15, 0.2) is 5.78 Å². The fourth-order valence-electron chi connectivity index (χ4n) is 3.45. The number of allylic oxidation sites excluding steroid dienone is 1. The Morgan fingerprint density at radius 2 is 1.70 bits per heavy atom. The van der Waals surface area contributed by atoms with E-state index in [0.29, 0.717) is 17.1 Å². The van der Waals surface area contributed by atoms with E-state index in [0.717, 1.165) is 21.9 Å². The number of ketones is 1. The molecule has 0 unspecified atom stereocenters. The summed E-state index contributed by atoms with van der Waals surface area (Å²) in [4.78, 5) is 23.0. The van der Waals surface area contributed by atoms with E-state index < -0.39 is 4.92 Å². The van der Waals surface area contributed by atoms with Gasteiger partial charge in [-0.05, 0) is 52.7 Å². The third-order valence-electron chi connectivity index (χ3n) is 5.21. The van der Waals surface area contributed by atoms with E-state index in [1.807, 2.05) is 60.7 Å². The first-order valence-electron chi connectivity index (χ1n) is 10.3. The van der Waals surface area contributed by atoms with Gasteiger partial charge in [0.1, 0.15) is 18.1 Å². The molecule has 6 nitrogen and oxygen atoms in total. The SMILES string of the molecule is COc1ccc(/C=C/C(=O)c2ccc3ccccc3c2)cc1COc1ccc([N+](=O)[O-])cc1. The molecule has 6 heteroatoms. The van der Waals surface area contributed by atoms with E-state index >= 15 is 0 Å². The van der Waals surface area contributed by atoms with Crippen LogP contribution >= 0.6 is 0 Å². The maximum Gasteiger partial charge on any atom is 0.269 e. The highest BCUT2D eigenvalue weighted by molar-refractivity contribution is 6.08. The van der Waals surface area contributed by atoms with Crippen LogP contribution in [0.25, 0.3) is 16.8 Å². The van der Waals surface area contributed by atoms with E-state index in [2.05, 4.69) is 0 Å². The summed E-state index contributed by atoms with van der Waals surface area (Å²) < 4.78 is 11.2. The number of nitrogens with zero attached hydrogens (tertiary/aromatic N) is 1. The summed E-state index contributed by atoms with van der Waals surface area (Å²) in [6.07, 6.45) is 3.30. The second-order valence-electron chi connectivity index (χ2n) is 7.37. The van der Waals surface area contributed by atoms with Crippen molar-refractivity contribution < 1.29 is 19.2 Å². The first-order chi connectivity index (χ1) is 16.0. The summed E-state index contributed by atoms with van der Waals surface area (Å²) in [5, 5.41) is 12.9. The van der Waals surface area contributed by atoms with Gasteiger partial charge in [-0.2, -0.15) is 0 Å². The molecule has 0 aromatic heterocycles. The molecular weight excluding hydrogens is 418 g/mol. The van der Waals surface area contributed by atoms with Gasteiger partial charge in [-0.25, -0.2) is 0 Å². The quantitative estimate of drug-likeness (QED) is 0.141. The molecule has 0 bridgehead atoms. The molecule has 4 aromatic carbocycles. The molecule has 0 N–H and O–H groups in total. The maximum atomic E-state index is 12.7. The number of fused-ring (bicyclic) bond motifs is 1. The molecule has 0 saturated heterocycles. The number of carbonyl (C=O) groups is 1. The predicted octanol–water partition coefficient (Wildman–Crippen LogP) is 6.23. The van der Waals surface area contributed by atoms with Crippen molar-refractivity contribution in [3.8, 4) is 11.5 Å². The summed E-state index contributed by atoms with van der Waals surface area (Å²) in [6.45, 7) is 0.210. The van der Waals surface area contributed by atoms with Crippen molar-refractivity contribution >= 4 is 28.3 Å².